The third-order valence-electron chi connectivity index (χ3n) is 3.12. The predicted octanol–water partition coefficient (Wildman–Crippen LogP) is 1.15. The molecule has 8 heteroatoms. The van der Waals surface area contributed by atoms with Crippen molar-refractivity contribution in [2.24, 2.45) is 10.9 Å². The third kappa shape index (κ3) is 7.81. The average molecular weight is 425 g/mol. The molecule has 0 aromatic heterocycles. The number of nitrogens with zero attached hydrogens (tertiary/aromatic N) is 2. The van der Waals surface area contributed by atoms with Gasteiger partial charge in [0.05, 0.1) is 6.54 Å². The number of imide groups is 1. The third-order valence-corrected chi connectivity index (χ3v) is 3.12. The largest absolute Gasteiger partial charge is 0.357 e. The van der Waals surface area contributed by atoms with Crippen molar-refractivity contribution in [3.05, 3.63) is 0 Å². The van der Waals surface area contributed by atoms with Crippen molar-refractivity contribution in [3.63, 3.8) is 0 Å². The summed E-state index contributed by atoms with van der Waals surface area (Å²) in [6.07, 6.45) is 2.21. The Morgan fingerprint density at radius 3 is 2.64 bits per heavy atom. The van der Waals surface area contributed by atoms with Gasteiger partial charge in [0.25, 0.3) is 0 Å². The summed E-state index contributed by atoms with van der Waals surface area (Å²) in [5.74, 6) is 1.24. The highest BCUT2D eigenvalue weighted by Gasteiger charge is 2.27. The topological polar surface area (TPSA) is 85.8 Å². The van der Waals surface area contributed by atoms with Crippen molar-refractivity contribution in [1.29, 1.82) is 0 Å². The summed E-state index contributed by atoms with van der Waals surface area (Å²) in [6, 6.07) is -0.319. The minimum atomic E-state index is -0.319. The second-order valence-electron chi connectivity index (χ2n) is 5.43. The smallest absolute Gasteiger partial charge is 0.324 e. The fraction of sp³-hybridized carbons (Fsp3) is 0.786. The van der Waals surface area contributed by atoms with Crippen LogP contribution in [0.4, 0.5) is 4.79 Å². The number of urea groups is 1. The second kappa shape index (κ2) is 11.5. The van der Waals surface area contributed by atoms with Crippen LogP contribution in [0.5, 0.6) is 0 Å². The molecule has 1 rings (SSSR count). The molecular weight excluding hydrogens is 397 g/mol. The fourth-order valence-electron chi connectivity index (χ4n) is 2.00. The van der Waals surface area contributed by atoms with E-state index in [0.29, 0.717) is 19.0 Å². The van der Waals surface area contributed by atoms with Crippen molar-refractivity contribution in [1.82, 2.24) is 20.9 Å². The number of hydrogen-bond acceptors (Lipinski definition) is 3. The van der Waals surface area contributed by atoms with Crippen molar-refractivity contribution >= 4 is 41.9 Å². The quantitative estimate of drug-likeness (QED) is 0.179. The van der Waals surface area contributed by atoms with Gasteiger partial charge in [0.1, 0.15) is 0 Å². The second-order valence-corrected chi connectivity index (χ2v) is 5.43. The molecule has 3 N–H and O–H groups in total. The van der Waals surface area contributed by atoms with Crippen LogP contribution in [0, 0.1) is 5.92 Å². The highest BCUT2D eigenvalue weighted by Crippen LogP contribution is 2.02. The normalized spacial score (nSPS) is 14.9. The van der Waals surface area contributed by atoms with Crippen LogP contribution < -0.4 is 16.0 Å². The van der Waals surface area contributed by atoms with Crippen molar-refractivity contribution in [2.45, 2.75) is 33.6 Å². The van der Waals surface area contributed by atoms with E-state index in [9.17, 15) is 9.59 Å². The monoisotopic (exact) mass is 425 g/mol. The van der Waals surface area contributed by atoms with Gasteiger partial charge in [-0.3, -0.25) is 14.7 Å². The number of carbonyl (C=O) groups is 2. The minimum absolute atomic E-state index is 0. The molecule has 0 spiro atoms. The standard InChI is InChI=1S/C14H27N5O2.HI/c1-4-15-13(16-7-5-6-11(2)3)17-8-9-19-12(20)10-18-14(19)21;/h11H,4-10H2,1-3H3,(H,18,21)(H2,15,16,17);1H. The first-order chi connectivity index (χ1) is 10.0. The number of halogens is 1. The van der Waals surface area contributed by atoms with Gasteiger partial charge in [0, 0.05) is 26.2 Å². The number of hydrogen-bond donors (Lipinski definition) is 3. The molecule has 0 unspecified atom stereocenters. The Labute approximate surface area is 149 Å². The summed E-state index contributed by atoms with van der Waals surface area (Å²) in [5, 5.41) is 8.79. The molecule has 1 aliphatic heterocycles. The maximum absolute atomic E-state index is 11.4. The van der Waals surface area contributed by atoms with Crippen LogP contribution in [0.1, 0.15) is 33.6 Å². The van der Waals surface area contributed by atoms with E-state index in [2.05, 4.69) is 34.8 Å². The Morgan fingerprint density at radius 2 is 2.09 bits per heavy atom. The van der Waals surface area contributed by atoms with Crippen LogP contribution in [-0.2, 0) is 4.79 Å². The Kier molecular flexibility index (Phi) is 10.9. The molecule has 22 heavy (non-hydrogen) atoms. The number of guanidine groups is 1. The first kappa shape index (κ1) is 20.9. The molecular formula is C14H28IN5O2. The maximum atomic E-state index is 11.4. The zero-order valence-electron chi connectivity index (χ0n) is 13.6. The van der Waals surface area contributed by atoms with Gasteiger partial charge in [-0.05, 0) is 25.7 Å². The lowest BCUT2D eigenvalue weighted by atomic mass is 10.1. The molecule has 0 aliphatic carbocycles. The van der Waals surface area contributed by atoms with Crippen molar-refractivity contribution in [2.75, 3.05) is 32.7 Å². The Balaban J connectivity index is 0.00000441. The highest BCUT2D eigenvalue weighted by molar-refractivity contribution is 14.0. The minimum Gasteiger partial charge on any atom is -0.357 e. The van der Waals surface area contributed by atoms with Crippen LogP contribution >= 0.6 is 24.0 Å². The van der Waals surface area contributed by atoms with Crippen LogP contribution in [-0.4, -0.2) is 55.5 Å². The lowest BCUT2D eigenvalue weighted by Crippen LogP contribution is -2.43. The molecule has 7 nitrogen and oxygen atoms in total. The van der Waals surface area contributed by atoms with Gasteiger partial charge >= 0.3 is 6.03 Å². The van der Waals surface area contributed by atoms with Gasteiger partial charge in [0.2, 0.25) is 5.91 Å². The lowest BCUT2D eigenvalue weighted by molar-refractivity contribution is -0.124. The summed E-state index contributed by atoms with van der Waals surface area (Å²) in [4.78, 5) is 28.5. The average Bonchev–Trinajstić information content (AvgIpc) is 2.74. The predicted molar refractivity (Wildman–Crippen MR) is 98.6 cm³/mol. The lowest BCUT2D eigenvalue weighted by Gasteiger charge is -2.15. The molecule has 0 aromatic rings. The van der Waals surface area contributed by atoms with Gasteiger partial charge in [-0.25, -0.2) is 4.79 Å². The SMILES string of the molecule is CCNC(=NCCCC(C)C)NCCN1C(=O)CNC1=O.I. The number of aliphatic imine (C=N–C) groups is 1. The molecule has 0 atom stereocenters. The van der Waals surface area contributed by atoms with Crippen LogP contribution in [0.25, 0.3) is 0 Å². The summed E-state index contributed by atoms with van der Waals surface area (Å²) < 4.78 is 0. The van der Waals surface area contributed by atoms with E-state index in [1.54, 1.807) is 0 Å². The molecule has 1 heterocycles. The molecule has 1 fully saturated rings. The number of rotatable bonds is 8. The number of amides is 3. The van der Waals surface area contributed by atoms with Gasteiger partial charge in [-0.15, -0.1) is 24.0 Å². The van der Waals surface area contributed by atoms with Crippen LogP contribution in [0.3, 0.4) is 0 Å². The van der Waals surface area contributed by atoms with E-state index in [4.69, 9.17) is 0 Å². The van der Waals surface area contributed by atoms with Crippen LogP contribution in [0.2, 0.25) is 0 Å². The van der Waals surface area contributed by atoms with Crippen molar-refractivity contribution in [3.8, 4) is 0 Å². The summed E-state index contributed by atoms with van der Waals surface area (Å²) in [6.45, 7) is 8.90. The Morgan fingerprint density at radius 1 is 1.36 bits per heavy atom. The van der Waals surface area contributed by atoms with Crippen LogP contribution in [0.15, 0.2) is 4.99 Å². The molecule has 3 amide bonds. The molecule has 0 aromatic carbocycles. The van der Waals surface area contributed by atoms with E-state index in [1.165, 1.54) is 4.90 Å². The van der Waals surface area contributed by atoms with Gasteiger partial charge in [-0.1, -0.05) is 13.8 Å². The van der Waals surface area contributed by atoms with E-state index >= 15 is 0 Å². The zero-order chi connectivity index (χ0) is 15.7. The highest BCUT2D eigenvalue weighted by atomic mass is 127. The van der Waals surface area contributed by atoms with E-state index < -0.39 is 0 Å². The van der Waals surface area contributed by atoms with E-state index in [-0.39, 0.29) is 42.5 Å². The number of nitrogens with one attached hydrogen (secondary N) is 3. The molecule has 0 saturated carbocycles. The summed E-state index contributed by atoms with van der Waals surface area (Å²) in [5.41, 5.74) is 0. The fourth-order valence-corrected chi connectivity index (χ4v) is 2.00. The Hall–Kier alpha value is -1.06. The maximum Gasteiger partial charge on any atom is 0.324 e. The van der Waals surface area contributed by atoms with Gasteiger partial charge in [-0.2, -0.15) is 0 Å². The van der Waals surface area contributed by atoms with Crippen molar-refractivity contribution < 1.29 is 9.59 Å². The van der Waals surface area contributed by atoms with Gasteiger partial charge < -0.3 is 16.0 Å². The zero-order valence-corrected chi connectivity index (χ0v) is 16.0. The molecule has 1 saturated heterocycles. The molecule has 1 aliphatic rings. The summed E-state index contributed by atoms with van der Waals surface area (Å²) >= 11 is 0. The molecule has 0 radical (unpaired) electrons. The van der Waals surface area contributed by atoms with Gasteiger partial charge in [0.15, 0.2) is 5.96 Å². The molecule has 0 bridgehead atoms. The summed E-state index contributed by atoms with van der Waals surface area (Å²) in [7, 11) is 0. The first-order valence-electron chi connectivity index (χ1n) is 7.65. The van der Waals surface area contributed by atoms with E-state index in [1.807, 2.05) is 6.92 Å². The first-order valence-corrected chi connectivity index (χ1v) is 7.65. The number of carbonyl (C=O) groups excluding carboxylic acids is 2. The Bertz CT molecular complexity index is 371. The van der Waals surface area contributed by atoms with E-state index in [0.717, 1.165) is 31.9 Å². The molecule has 128 valence electrons.